The van der Waals surface area contributed by atoms with Gasteiger partial charge in [-0.05, 0) is 24.3 Å². The molecule has 2 aromatic rings. The third-order valence-corrected chi connectivity index (χ3v) is 2.87. The lowest BCUT2D eigenvalue weighted by Crippen LogP contribution is -2.17. The van der Waals surface area contributed by atoms with E-state index in [9.17, 15) is 4.79 Å². The van der Waals surface area contributed by atoms with Crippen LogP contribution >= 0.6 is 12.2 Å². The predicted molar refractivity (Wildman–Crippen MR) is 78.0 cm³/mol. The Morgan fingerprint density at radius 1 is 1.26 bits per heavy atom. The lowest BCUT2D eigenvalue weighted by atomic mass is 10.1. The van der Waals surface area contributed by atoms with Crippen molar-refractivity contribution < 1.29 is 9.21 Å². The molecular formula is C14H14N2O2S. The molecule has 2 rings (SSSR count). The molecule has 5 heteroatoms. The number of rotatable bonds is 5. The molecule has 0 aliphatic carbocycles. The van der Waals surface area contributed by atoms with Gasteiger partial charge in [-0.25, -0.2) is 0 Å². The van der Waals surface area contributed by atoms with Gasteiger partial charge in [0.1, 0.15) is 10.7 Å². The molecule has 0 fully saturated rings. The maximum atomic E-state index is 11.8. The third-order valence-electron chi connectivity index (χ3n) is 2.65. The van der Waals surface area contributed by atoms with Crippen molar-refractivity contribution in [3.8, 4) is 0 Å². The second kappa shape index (κ2) is 6.15. The van der Waals surface area contributed by atoms with Gasteiger partial charge < -0.3 is 15.5 Å². The minimum absolute atomic E-state index is 0.0971. The van der Waals surface area contributed by atoms with E-state index in [1.54, 1.807) is 24.5 Å². The van der Waals surface area contributed by atoms with E-state index in [0.29, 0.717) is 24.1 Å². The molecule has 0 atom stereocenters. The van der Waals surface area contributed by atoms with Crippen LogP contribution in [0.4, 0.5) is 5.69 Å². The fraction of sp³-hybridized carbons (Fsp3) is 0.143. The van der Waals surface area contributed by atoms with Crippen LogP contribution in [0.3, 0.4) is 0 Å². The van der Waals surface area contributed by atoms with Gasteiger partial charge in [0.05, 0.1) is 12.0 Å². The highest BCUT2D eigenvalue weighted by Crippen LogP contribution is 2.15. The molecule has 0 aliphatic heterocycles. The van der Waals surface area contributed by atoms with Crippen molar-refractivity contribution in [1.29, 1.82) is 0 Å². The highest BCUT2D eigenvalue weighted by molar-refractivity contribution is 7.80. The van der Waals surface area contributed by atoms with E-state index in [-0.39, 0.29) is 10.9 Å². The molecule has 19 heavy (non-hydrogen) atoms. The quantitative estimate of drug-likeness (QED) is 0.822. The molecule has 0 saturated carbocycles. The van der Waals surface area contributed by atoms with Gasteiger partial charge in [-0.2, -0.15) is 0 Å². The molecular weight excluding hydrogens is 260 g/mol. The van der Waals surface area contributed by atoms with Crippen LogP contribution in [-0.2, 0) is 11.2 Å². The number of hydrogen-bond donors (Lipinski definition) is 2. The maximum Gasteiger partial charge on any atom is 0.224 e. The van der Waals surface area contributed by atoms with E-state index in [1.807, 2.05) is 18.2 Å². The number of carbonyl (C=O) groups excluding carboxylic acids is 1. The van der Waals surface area contributed by atoms with Gasteiger partial charge in [-0.1, -0.05) is 24.4 Å². The number of benzene rings is 1. The van der Waals surface area contributed by atoms with Crippen LogP contribution in [0.15, 0.2) is 47.1 Å². The number of hydrogen-bond acceptors (Lipinski definition) is 3. The van der Waals surface area contributed by atoms with E-state index in [0.717, 1.165) is 5.76 Å². The van der Waals surface area contributed by atoms with Gasteiger partial charge in [0, 0.05) is 18.4 Å². The first kappa shape index (κ1) is 13.3. The monoisotopic (exact) mass is 274 g/mol. The number of para-hydroxylation sites is 1. The fourth-order valence-corrected chi connectivity index (χ4v) is 1.89. The van der Waals surface area contributed by atoms with Crippen LogP contribution in [-0.4, -0.2) is 10.9 Å². The molecule has 98 valence electrons. The lowest BCUT2D eigenvalue weighted by Gasteiger charge is -2.09. The summed E-state index contributed by atoms with van der Waals surface area (Å²) in [6.45, 7) is 0. The van der Waals surface area contributed by atoms with E-state index in [4.69, 9.17) is 22.4 Å². The summed E-state index contributed by atoms with van der Waals surface area (Å²) in [6, 6.07) is 10.9. The summed E-state index contributed by atoms with van der Waals surface area (Å²) in [6.07, 6.45) is 2.50. The zero-order valence-electron chi connectivity index (χ0n) is 10.3. The summed E-state index contributed by atoms with van der Waals surface area (Å²) in [5.41, 5.74) is 6.92. The largest absolute Gasteiger partial charge is 0.469 e. The average Bonchev–Trinajstić information content (AvgIpc) is 2.90. The number of aryl methyl sites for hydroxylation is 1. The molecule has 4 nitrogen and oxygen atoms in total. The minimum atomic E-state index is -0.0971. The van der Waals surface area contributed by atoms with Crippen molar-refractivity contribution in [2.45, 2.75) is 12.8 Å². The van der Waals surface area contributed by atoms with E-state index >= 15 is 0 Å². The summed E-state index contributed by atoms with van der Waals surface area (Å²) in [4.78, 5) is 12.1. The Labute approximate surface area is 116 Å². The zero-order chi connectivity index (χ0) is 13.7. The van der Waals surface area contributed by atoms with Gasteiger partial charge in [0.15, 0.2) is 0 Å². The average molecular weight is 274 g/mol. The molecule has 0 aliphatic rings. The van der Waals surface area contributed by atoms with Crippen molar-refractivity contribution in [1.82, 2.24) is 0 Å². The van der Waals surface area contributed by atoms with Crippen LogP contribution in [0.2, 0.25) is 0 Å². The number of thiocarbonyl (C=S) groups is 1. The molecule has 0 spiro atoms. The van der Waals surface area contributed by atoms with Crippen molar-refractivity contribution in [2.75, 3.05) is 5.32 Å². The molecule has 1 heterocycles. The number of anilines is 1. The summed E-state index contributed by atoms with van der Waals surface area (Å²) in [7, 11) is 0. The Kier molecular flexibility index (Phi) is 4.30. The molecule has 1 amide bonds. The van der Waals surface area contributed by atoms with Gasteiger partial charge in [-0.15, -0.1) is 0 Å². The highest BCUT2D eigenvalue weighted by Gasteiger charge is 2.08. The summed E-state index contributed by atoms with van der Waals surface area (Å²) < 4.78 is 5.18. The fourth-order valence-electron chi connectivity index (χ4n) is 1.71. The van der Waals surface area contributed by atoms with Crippen LogP contribution in [0.1, 0.15) is 17.7 Å². The van der Waals surface area contributed by atoms with Crippen molar-refractivity contribution in [3.05, 3.63) is 54.0 Å². The van der Waals surface area contributed by atoms with E-state index in [1.165, 1.54) is 0 Å². The topological polar surface area (TPSA) is 68.3 Å². The van der Waals surface area contributed by atoms with E-state index < -0.39 is 0 Å². The molecule has 0 radical (unpaired) electrons. The number of carbonyl (C=O) groups is 1. The number of furan rings is 1. The predicted octanol–water partition coefficient (Wildman–Crippen LogP) is 2.49. The Balaban J connectivity index is 1.97. The number of nitrogens with one attached hydrogen (secondary N) is 1. The number of amides is 1. The van der Waals surface area contributed by atoms with Crippen LogP contribution < -0.4 is 11.1 Å². The maximum absolute atomic E-state index is 11.8. The van der Waals surface area contributed by atoms with Gasteiger partial charge in [0.25, 0.3) is 0 Å². The zero-order valence-corrected chi connectivity index (χ0v) is 11.1. The third kappa shape index (κ3) is 3.66. The molecule has 1 aromatic carbocycles. The van der Waals surface area contributed by atoms with Gasteiger partial charge >= 0.3 is 0 Å². The standard InChI is InChI=1S/C14H14N2O2S/c15-14(19)11-5-1-2-6-12(11)16-13(17)8-7-10-4-3-9-18-10/h1-6,9H,7-8H2,(H2,15,19)(H,16,17). The Hall–Kier alpha value is -2.14. The van der Waals surface area contributed by atoms with E-state index in [2.05, 4.69) is 5.32 Å². The molecule has 0 bridgehead atoms. The van der Waals surface area contributed by atoms with Crippen LogP contribution in [0.5, 0.6) is 0 Å². The Morgan fingerprint density at radius 3 is 2.74 bits per heavy atom. The number of nitrogens with two attached hydrogens (primary N) is 1. The molecule has 1 aromatic heterocycles. The van der Waals surface area contributed by atoms with Crippen LogP contribution in [0.25, 0.3) is 0 Å². The molecule has 0 saturated heterocycles. The summed E-state index contributed by atoms with van der Waals surface area (Å²) in [5, 5.41) is 2.81. The first-order chi connectivity index (χ1) is 9.16. The second-order valence-electron chi connectivity index (χ2n) is 4.04. The van der Waals surface area contributed by atoms with Crippen molar-refractivity contribution in [3.63, 3.8) is 0 Å². The Bertz CT molecular complexity index is 579. The van der Waals surface area contributed by atoms with Crippen molar-refractivity contribution in [2.24, 2.45) is 5.73 Å². The van der Waals surface area contributed by atoms with Gasteiger partial charge in [-0.3, -0.25) is 4.79 Å². The van der Waals surface area contributed by atoms with Crippen LogP contribution in [0, 0.1) is 0 Å². The van der Waals surface area contributed by atoms with Gasteiger partial charge in [0.2, 0.25) is 5.91 Å². The SMILES string of the molecule is NC(=S)c1ccccc1NC(=O)CCc1ccco1. The normalized spacial score (nSPS) is 10.1. The first-order valence-corrected chi connectivity index (χ1v) is 6.28. The lowest BCUT2D eigenvalue weighted by molar-refractivity contribution is -0.116. The molecule has 0 unspecified atom stereocenters. The summed E-state index contributed by atoms with van der Waals surface area (Å²) in [5.74, 6) is 0.692. The molecule has 3 N–H and O–H groups in total. The Morgan fingerprint density at radius 2 is 2.05 bits per heavy atom. The minimum Gasteiger partial charge on any atom is -0.469 e. The second-order valence-corrected chi connectivity index (χ2v) is 4.48. The first-order valence-electron chi connectivity index (χ1n) is 5.88. The van der Waals surface area contributed by atoms with Crippen molar-refractivity contribution >= 4 is 28.8 Å². The highest BCUT2D eigenvalue weighted by atomic mass is 32.1. The summed E-state index contributed by atoms with van der Waals surface area (Å²) >= 11 is 4.94. The smallest absolute Gasteiger partial charge is 0.224 e.